The van der Waals surface area contributed by atoms with Gasteiger partial charge in [0.1, 0.15) is 11.7 Å². The molecule has 0 spiro atoms. The summed E-state index contributed by atoms with van der Waals surface area (Å²) in [6.07, 6.45) is 0.806. The Kier molecular flexibility index (Phi) is 8.29. The number of carbonyl (C=O) groups is 4. The van der Waals surface area contributed by atoms with Gasteiger partial charge in [0.05, 0.1) is 11.7 Å². The lowest BCUT2D eigenvalue weighted by Crippen LogP contribution is -2.74. The van der Waals surface area contributed by atoms with Crippen molar-refractivity contribution in [3.63, 3.8) is 0 Å². The smallest absolute Gasteiger partial charge is 0.362 e. The predicted molar refractivity (Wildman–Crippen MR) is 139 cm³/mol. The van der Waals surface area contributed by atoms with Crippen LogP contribution in [0.3, 0.4) is 0 Å². The lowest BCUT2D eigenvalue weighted by Gasteiger charge is -2.44. The molecule has 41 heavy (non-hydrogen) atoms. The molecule has 2 aliphatic rings. The summed E-state index contributed by atoms with van der Waals surface area (Å²) in [6, 6.07) is -1.57. The van der Waals surface area contributed by atoms with Crippen LogP contribution in [0.1, 0.15) is 48.1 Å². The molecule has 2 aliphatic heterocycles. The number of hydrogen-bond acceptors (Lipinski definition) is 14. The number of carboxylic acid groups (broad SMARTS) is 1. The van der Waals surface area contributed by atoms with Crippen molar-refractivity contribution < 1.29 is 46.6 Å². The molecule has 2 saturated heterocycles. The number of amides is 3. The first-order valence-electron chi connectivity index (χ1n) is 12.0. The normalized spacial score (nSPS) is 21.3. The minimum atomic E-state index is -5.07. The van der Waals surface area contributed by atoms with Crippen LogP contribution >= 0.6 is 11.3 Å². The van der Waals surface area contributed by atoms with Gasteiger partial charge in [0, 0.05) is 30.5 Å². The van der Waals surface area contributed by atoms with Gasteiger partial charge in [-0.25, -0.2) is 14.1 Å². The molecular formula is C21H26N8O10S2. The van der Waals surface area contributed by atoms with E-state index in [1.807, 2.05) is 0 Å². The van der Waals surface area contributed by atoms with E-state index in [4.69, 9.17) is 15.1 Å². The topological polar surface area (TPSA) is 269 Å². The zero-order valence-electron chi connectivity index (χ0n) is 21.6. The molecule has 0 aliphatic carbocycles. The van der Waals surface area contributed by atoms with E-state index in [9.17, 15) is 37.3 Å². The highest BCUT2D eigenvalue weighted by molar-refractivity contribution is 7.84. The number of carbonyl (C=O) groups excluding carboxylic acids is 3. The number of oxime groups is 1. The van der Waals surface area contributed by atoms with Crippen LogP contribution in [0.4, 0.5) is 5.13 Å². The molecular weight excluding hydrogens is 588 g/mol. The second-order valence-electron chi connectivity index (χ2n) is 9.56. The number of β-lactam (4-membered cyclic amide) rings is 1. The summed E-state index contributed by atoms with van der Waals surface area (Å²) >= 11 is 0.934. The minimum absolute atomic E-state index is 0.0376. The zero-order valence-corrected chi connectivity index (χ0v) is 23.2. The van der Waals surface area contributed by atoms with Gasteiger partial charge >= 0.3 is 16.3 Å². The number of thiazole rings is 1. The van der Waals surface area contributed by atoms with Crippen molar-refractivity contribution in [2.24, 2.45) is 5.16 Å². The van der Waals surface area contributed by atoms with E-state index in [1.54, 1.807) is 0 Å². The maximum Gasteiger partial charge on any atom is 0.362 e. The third-order valence-electron chi connectivity index (χ3n) is 6.27. The third-order valence-corrected chi connectivity index (χ3v) is 7.89. The number of aromatic nitrogens is 2. The summed E-state index contributed by atoms with van der Waals surface area (Å²) in [4.78, 5) is 58.7. The number of carboxylic acids is 1. The van der Waals surface area contributed by atoms with Crippen molar-refractivity contribution in [2.75, 3.05) is 25.4 Å². The number of hydrogen-bond donors (Lipinski definition) is 6. The van der Waals surface area contributed by atoms with E-state index in [-0.39, 0.29) is 26.8 Å². The van der Waals surface area contributed by atoms with Gasteiger partial charge in [-0.05, 0) is 26.8 Å². The summed E-state index contributed by atoms with van der Waals surface area (Å²) < 4.78 is 38.4. The zero-order chi connectivity index (χ0) is 30.1. The van der Waals surface area contributed by atoms with Crippen LogP contribution < -0.4 is 21.7 Å². The van der Waals surface area contributed by atoms with Crippen LogP contribution in [0, 0.1) is 0 Å². The van der Waals surface area contributed by atoms with Crippen molar-refractivity contribution in [1.82, 2.24) is 30.4 Å². The van der Waals surface area contributed by atoms with Gasteiger partial charge < -0.3 is 36.2 Å². The van der Waals surface area contributed by atoms with Crippen LogP contribution in [0.15, 0.2) is 21.1 Å². The number of rotatable bonds is 11. The highest BCUT2D eigenvalue weighted by atomic mass is 32.2. The quantitative estimate of drug-likeness (QED) is 0.0713. The second kappa shape index (κ2) is 11.4. The summed E-state index contributed by atoms with van der Waals surface area (Å²) in [5, 5.41) is 25.9. The molecule has 7 N–H and O–H groups in total. The fourth-order valence-corrected chi connectivity index (χ4v) is 5.38. The van der Waals surface area contributed by atoms with Gasteiger partial charge in [0.2, 0.25) is 11.4 Å². The molecule has 3 atom stereocenters. The largest absolute Gasteiger partial charge is 0.478 e. The summed E-state index contributed by atoms with van der Waals surface area (Å²) in [5.74, 6) is -4.59. The number of nitrogens with one attached hydrogen (secondary N) is 3. The van der Waals surface area contributed by atoms with E-state index in [1.165, 1.54) is 25.3 Å². The maximum absolute atomic E-state index is 13.1. The predicted octanol–water partition coefficient (Wildman–Crippen LogP) is -1.70. The molecule has 3 unspecified atom stereocenters. The molecule has 3 amide bonds. The van der Waals surface area contributed by atoms with Crippen LogP contribution in [0.25, 0.3) is 0 Å². The Morgan fingerprint density at radius 1 is 1.39 bits per heavy atom. The lowest BCUT2D eigenvalue weighted by molar-refractivity contribution is -0.161. The molecule has 2 aromatic heterocycles. The molecule has 4 heterocycles. The maximum atomic E-state index is 13.1. The number of nitrogens with zero attached hydrogens (tertiary/aromatic N) is 4. The first-order valence-corrected chi connectivity index (χ1v) is 14.2. The first kappa shape index (κ1) is 29.8. The summed E-state index contributed by atoms with van der Waals surface area (Å²) in [7, 11) is -5.07. The van der Waals surface area contributed by atoms with E-state index < -0.39 is 63.9 Å². The molecule has 222 valence electrons. The van der Waals surface area contributed by atoms with E-state index in [0.717, 1.165) is 24.3 Å². The van der Waals surface area contributed by atoms with Crippen LogP contribution in [-0.2, 0) is 29.5 Å². The second-order valence-corrected chi connectivity index (χ2v) is 11.7. The molecule has 18 nitrogen and oxygen atoms in total. The van der Waals surface area contributed by atoms with Gasteiger partial charge in [0.25, 0.3) is 17.7 Å². The fraction of sp³-hybridized carbons (Fsp3) is 0.476. The van der Waals surface area contributed by atoms with Crippen LogP contribution in [0.2, 0.25) is 0 Å². The molecule has 0 saturated carbocycles. The van der Waals surface area contributed by atoms with Crippen molar-refractivity contribution in [2.45, 2.75) is 43.9 Å². The Hall–Kier alpha value is -4.14. The molecule has 0 bridgehead atoms. The summed E-state index contributed by atoms with van der Waals surface area (Å²) in [6.45, 7) is 3.27. The number of anilines is 1. The molecule has 4 rings (SSSR count). The molecule has 0 aromatic carbocycles. The summed E-state index contributed by atoms with van der Waals surface area (Å²) in [5.41, 5.74) is 3.64. The monoisotopic (exact) mass is 614 g/mol. The average Bonchev–Trinajstić information content (AvgIpc) is 3.66. The average molecular weight is 615 g/mol. The van der Waals surface area contributed by atoms with Crippen molar-refractivity contribution >= 4 is 56.2 Å². The highest BCUT2D eigenvalue weighted by Gasteiger charge is 2.54. The van der Waals surface area contributed by atoms with Gasteiger partial charge in [-0.2, -0.15) is 8.42 Å². The standard InChI is InChI=1S/C21H26N8O10S2/c1-21(2,19(33)34)39-28-14(11-8-40-20(22)25-11)17(31)26-15-12(29(18(15)32)41(35,36)37)7-24-16(30)13-5-10(27-38-13)9-3-4-23-6-9/h5,8-9,12,15,23H,3-4,6-7H2,1-2H3,(H2,22,25)(H,24,30)(H,26,31)(H,33,34)(H,35,36,37)/b28-14-. The van der Waals surface area contributed by atoms with Crippen molar-refractivity contribution in [3.05, 3.63) is 28.6 Å². The molecule has 20 heteroatoms. The van der Waals surface area contributed by atoms with Crippen LogP contribution in [-0.4, -0.2) is 99.2 Å². The van der Waals surface area contributed by atoms with Gasteiger partial charge in [0.15, 0.2) is 10.8 Å². The molecule has 2 fully saturated rings. The van der Waals surface area contributed by atoms with Crippen molar-refractivity contribution in [3.8, 4) is 0 Å². The SMILES string of the molecule is CC(C)(O/N=C(\C(=O)NC1C(=O)N(S(=O)(=O)O)C1CNC(=O)c1cc(C2CCNC2)no1)c1csc(N)n1)C(=O)O. The van der Waals surface area contributed by atoms with Crippen molar-refractivity contribution in [1.29, 1.82) is 0 Å². The molecule has 2 aromatic rings. The number of nitrogen functional groups attached to an aromatic ring is 1. The fourth-order valence-electron chi connectivity index (χ4n) is 3.95. The Balaban J connectivity index is 1.50. The minimum Gasteiger partial charge on any atom is -0.478 e. The third kappa shape index (κ3) is 6.45. The number of nitrogens with two attached hydrogens (primary N) is 1. The van der Waals surface area contributed by atoms with Gasteiger partial charge in [-0.15, -0.1) is 11.3 Å². The van der Waals surface area contributed by atoms with E-state index >= 15 is 0 Å². The van der Waals surface area contributed by atoms with Gasteiger partial charge in [-0.3, -0.25) is 18.9 Å². The lowest BCUT2D eigenvalue weighted by atomic mass is 9.98. The molecule has 0 radical (unpaired) electrons. The van der Waals surface area contributed by atoms with E-state index in [2.05, 4.69) is 31.2 Å². The first-order chi connectivity index (χ1) is 19.2. The highest BCUT2D eigenvalue weighted by Crippen LogP contribution is 2.25. The van der Waals surface area contributed by atoms with E-state index in [0.29, 0.717) is 12.2 Å². The van der Waals surface area contributed by atoms with Gasteiger partial charge in [-0.1, -0.05) is 10.3 Å². The number of aliphatic carboxylic acids is 1. The Morgan fingerprint density at radius 3 is 2.71 bits per heavy atom. The van der Waals surface area contributed by atoms with Crippen LogP contribution in [0.5, 0.6) is 0 Å². The Morgan fingerprint density at radius 2 is 2.12 bits per heavy atom. The Labute approximate surface area is 236 Å². The Bertz CT molecular complexity index is 1490.